The van der Waals surface area contributed by atoms with Crippen molar-refractivity contribution in [3.8, 4) is 0 Å². The zero-order valence-electron chi connectivity index (χ0n) is 9.04. The molecule has 3 rings (SSSR count). The van der Waals surface area contributed by atoms with Gasteiger partial charge >= 0.3 is 0 Å². The molecule has 0 aromatic carbocycles. The minimum Gasteiger partial charge on any atom is -0.330 e. The Hall–Kier alpha value is -0.0800. The van der Waals surface area contributed by atoms with E-state index in [1.165, 1.54) is 51.6 Å². The third-order valence-electron chi connectivity index (χ3n) is 4.67. The van der Waals surface area contributed by atoms with Gasteiger partial charge in [0.1, 0.15) is 0 Å². The van der Waals surface area contributed by atoms with Gasteiger partial charge in [0, 0.05) is 19.1 Å². The Morgan fingerprint density at radius 2 is 1.86 bits per heavy atom. The maximum atomic E-state index is 5.87. The van der Waals surface area contributed by atoms with Gasteiger partial charge in [0.15, 0.2) is 0 Å². The highest BCUT2D eigenvalue weighted by atomic mass is 15.3. The second-order valence-electron chi connectivity index (χ2n) is 5.75. The molecular formula is C12H22N2. The van der Waals surface area contributed by atoms with E-state index >= 15 is 0 Å². The Kier molecular flexibility index (Phi) is 2.10. The van der Waals surface area contributed by atoms with Gasteiger partial charge in [0.05, 0.1) is 0 Å². The molecule has 0 radical (unpaired) electrons. The van der Waals surface area contributed by atoms with E-state index in [-0.39, 0.29) is 0 Å². The van der Waals surface area contributed by atoms with E-state index in [1.807, 2.05) is 0 Å². The molecule has 0 aromatic heterocycles. The molecule has 2 nitrogen and oxygen atoms in total. The minimum absolute atomic E-state index is 0.805. The molecule has 1 heterocycles. The highest BCUT2D eigenvalue weighted by Gasteiger charge is 2.54. The lowest BCUT2D eigenvalue weighted by Crippen LogP contribution is -2.57. The highest BCUT2D eigenvalue weighted by molar-refractivity contribution is 5.07. The van der Waals surface area contributed by atoms with Gasteiger partial charge in [-0.25, -0.2) is 0 Å². The Balaban J connectivity index is 1.59. The number of hydrogen-bond acceptors (Lipinski definition) is 2. The third kappa shape index (κ3) is 1.40. The monoisotopic (exact) mass is 194 g/mol. The van der Waals surface area contributed by atoms with Gasteiger partial charge < -0.3 is 5.73 Å². The molecule has 1 aliphatic heterocycles. The normalized spacial score (nSPS) is 40.9. The molecule has 1 spiro atoms. The van der Waals surface area contributed by atoms with Crippen molar-refractivity contribution in [1.29, 1.82) is 0 Å². The lowest BCUT2D eigenvalue weighted by Gasteiger charge is -2.49. The first-order chi connectivity index (χ1) is 6.83. The van der Waals surface area contributed by atoms with Crippen LogP contribution in [0.25, 0.3) is 0 Å². The van der Waals surface area contributed by atoms with Crippen molar-refractivity contribution < 1.29 is 0 Å². The van der Waals surface area contributed by atoms with Gasteiger partial charge in [0.25, 0.3) is 0 Å². The first kappa shape index (κ1) is 9.17. The zero-order chi connectivity index (χ0) is 9.60. The summed E-state index contributed by atoms with van der Waals surface area (Å²) in [7, 11) is 0. The smallest absolute Gasteiger partial charge is 0.0136 e. The van der Waals surface area contributed by atoms with Crippen LogP contribution in [0.1, 0.15) is 38.5 Å². The fourth-order valence-corrected chi connectivity index (χ4v) is 3.49. The van der Waals surface area contributed by atoms with Gasteiger partial charge in [-0.2, -0.15) is 0 Å². The summed E-state index contributed by atoms with van der Waals surface area (Å²) in [6.07, 6.45) is 8.65. The van der Waals surface area contributed by atoms with E-state index in [9.17, 15) is 0 Å². The van der Waals surface area contributed by atoms with E-state index in [0.717, 1.165) is 23.9 Å². The van der Waals surface area contributed by atoms with Crippen molar-refractivity contribution in [2.75, 3.05) is 19.6 Å². The van der Waals surface area contributed by atoms with Crippen LogP contribution in [0.4, 0.5) is 0 Å². The summed E-state index contributed by atoms with van der Waals surface area (Å²) in [5.74, 6) is 0.805. The van der Waals surface area contributed by atoms with Crippen LogP contribution in [0, 0.1) is 11.3 Å². The number of nitrogens with zero attached hydrogens (tertiary/aromatic N) is 1. The van der Waals surface area contributed by atoms with Gasteiger partial charge in [-0.3, -0.25) is 4.90 Å². The summed E-state index contributed by atoms with van der Waals surface area (Å²) in [6.45, 7) is 3.70. The lowest BCUT2D eigenvalue weighted by atomic mass is 9.80. The van der Waals surface area contributed by atoms with E-state index in [0.29, 0.717) is 0 Å². The largest absolute Gasteiger partial charge is 0.330 e. The second kappa shape index (κ2) is 3.21. The molecule has 3 aliphatic rings. The molecule has 2 saturated carbocycles. The van der Waals surface area contributed by atoms with Crippen LogP contribution in [0.3, 0.4) is 0 Å². The quantitative estimate of drug-likeness (QED) is 0.723. The SMILES string of the molecule is NCC1CCCCC1N1CC2(CC2)C1. The summed E-state index contributed by atoms with van der Waals surface area (Å²) in [5.41, 5.74) is 6.68. The topological polar surface area (TPSA) is 29.3 Å². The maximum Gasteiger partial charge on any atom is 0.0136 e. The summed E-state index contributed by atoms with van der Waals surface area (Å²) in [6, 6.07) is 0.847. The minimum atomic E-state index is 0.805. The molecular weight excluding hydrogens is 172 g/mol. The van der Waals surface area contributed by atoms with Crippen LogP contribution >= 0.6 is 0 Å². The Morgan fingerprint density at radius 3 is 2.50 bits per heavy atom. The molecule has 14 heavy (non-hydrogen) atoms. The van der Waals surface area contributed by atoms with Gasteiger partial charge in [-0.05, 0) is 43.6 Å². The fraction of sp³-hybridized carbons (Fsp3) is 1.00. The summed E-state index contributed by atoms with van der Waals surface area (Å²) < 4.78 is 0. The molecule has 2 aliphatic carbocycles. The lowest BCUT2D eigenvalue weighted by molar-refractivity contribution is -0.00400. The number of likely N-dealkylation sites (tertiary alicyclic amines) is 1. The first-order valence-corrected chi connectivity index (χ1v) is 6.27. The van der Waals surface area contributed by atoms with Crippen LogP contribution in [-0.4, -0.2) is 30.6 Å². The molecule has 2 unspecified atom stereocenters. The van der Waals surface area contributed by atoms with Crippen molar-refractivity contribution in [3.05, 3.63) is 0 Å². The predicted molar refractivity (Wildman–Crippen MR) is 58.0 cm³/mol. The van der Waals surface area contributed by atoms with E-state index in [4.69, 9.17) is 5.73 Å². The van der Waals surface area contributed by atoms with E-state index in [2.05, 4.69) is 4.90 Å². The van der Waals surface area contributed by atoms with E-state index in [1.54, 1.807) is 0 Å². The van der Waals surface area contributed by atoms with Crippen LogP contribution in [0.5, 0.6) is 0 Å². The Labute approximate surface area is 86.8 Å². The third-order valence-corrected chi connectivity index (χ3v) is 4.67. The van der Waals surface area contributed by atoms with Crippen molar-refractivity contribution in [2.45, 2.75) is 44.6 Å². The average Bonchev–Trinajstić information content (AvgIpc) is 2.95. The molecule has 0 aromatic rings. The number of nitrogens with two attached hydrogens (primary N) is 1. The fourth-order valence-electron chi connectivity index (χ4n) is 3.49. The Bertz CT molecular complexity index is 214. The van der Waals surface area contributed by atoms with Crippen LogP contribution in [0.15, 0.2) is 0 Å². The van der Waals surface area contributed by atoms with Crippen LogP contribution < -0.4 is 5.73 Å². The average molecular weight is 194 g/mol. The van der Waals surface area contributed by atoms with Crippen LogP contribution in [0.2, 0.25) is 0 Å². The summed E-state index contributed by atoms with van der Waals surface area (Å²) in [5, 5.41) is 0. The van der Waals surface area contributed by atoms with E-state index < -0.39 is 0 Å². The van der Waals surface area contributed by atoms with Crippen molar-refractivity contribution in [1.82, 2.24) is 4.90 Å². The summed E-state index contributed by atoms with van der Waals surface area (Å²) >= 11 is 0. The second-order valence-corrected chi connectivity index (χ2v) is 5.75. The van der Waals surface area contributed by atoms with Gasteiger partial charge in [-0.15, -0.1) is 0 Å². The van der Waals surface area contributed by atoms with Gasteiger partial charge in [-0.1, -0.05) is 12.8 Å². The molecule has 80 valence electrons. The molecule has 1 saturated heterocycles. The molecule has 2 heteroatoms. The molecule has 0 bridgehead atoms. The Morgan fingerprint density at radius 1 is 1.14 bits per heavy atom. The number of hydrogen-bond donors (Lipinski definition) is 1. The van der Waals surface area contributed by atoms with Crippen molar-refractivity contribution in [2.24, 2.45) is 17.1 Å². The standard InChI is InChI=1S/C12H22N2/c13-7-10-3-1-2-4-11(10)14-8-12(9-14)5-6-12/h10-11H,1-9,13H2. The van der Waals surface area contributed by atoms with Crippen molar-refractivity contribution >= 4 is 0 Å². The molecule has 3 fully saturated rings. The zero-order valence-corrected chi connectivity index (χ0v) is 9.04. The summed E-state index contributed by atoms with van der Waals surface area (Å²) in [4.78, 5) is 2.73. The molecule has 0 amide bonds. The highest BCUT2D eigenvalue weighted by Crippen LogP contribution is 2.54. The molecule has 2 atom stereocenters. The maximum absolute atomic E-state index is 5.87. The molecule has 2 N–H and O–H groups in total. The number of rotatable bonds is 2. The van der Waals surface area contributed by atoms with Crippen molar-refractivity contribution in [3.63, 3.8) is 0 Å². The first-order valence-electron chi connectivity index (χ1n) is 6.27. The van der Waals surface area contributed by atoms with Crippen LogP contribution in [-0.2, 0) is 0 Å². The van der Waals surface area contributed by atoms with Gasteiger partial charge in [0.2, 0.25) is 0 Å². The predicted octanol–water partition coefficient (Wildman–Crippen LogP) is 1.60.